The van der Waals surface area contributed by atoms with Crippen LogP contribution in [0.2, 0.25) is 0 Å². The standard InChI is InChI=1S/C20H31N3O2/c1-22(2)15-16-8-6-9-17(21-16)18-10-7-13-23(18)19(24)14-20(25)11-4-3-5-12-20/h6,8-9,18,25H,3-5,7,10-15H2,1-2H3/t18-/m0/s1. The van der Waals surface area contributed by atoms with Crippen LogP contribution in [-0.2, 0) is 11.3 Å². The van der Waals surface area contributed by atoms with Gasteiger partial charge in [-0.3, -0.25) is 9.78 Å². The number of amides is 1. The summed E-state index contributed by atoms with van der Waals surface area (Å²) in [4.78, 5) is 21.7. The van der Waals surface area contributed by atoms with E-state index in [-0.39, 0.29) is 18.4 Å². The van der Waals surface area contributed by atoms with Crippen LogP contribution in [0.3, 0.4) is 0 Å². The molecule has 0 bridgehead atoms. The summed E-state index contributed by atoms with van der Waals surface area (Å²) >= 11 is 0. The maximum absolute atomic E-state index is 12.9. The van der Waals surface area contributed by atoms with Gasteiger partial charge in [-0.1, -0.05) is 25.3 Å². The molecule has 138 valence electrons. The van der Waals surface area contributed by atoms with Crippen molar-refractivity contribution < 1.29 is 9.90 Å². The first-order valence-corrected chi connectivity index (χ1v) is 9.59. The maximum Gasteiger partial charge on any atom is 0.226 e. The molecule has 0 aromatic carbocycles. The highest BCUT2D eigenvalue weighted by Crippen LogP contribution is 2.35. The molecule has 1 N–H and O–H groups in total. The fourth-order valence-corrected chi connectivity index (χ4v) is 4.24. The number of pyridine rings is 1. The zero-order chi connectivity index (χ0) is 17.9. The SMILES string of the molecule is CN(C)Cc1cccc([C@@H]2CCCN2C(=O)CC2(O)CCCCC2)n1. The summed E-state index contributed by atoms with van der Waals surface area (Å²) in [7, 11) is 4.06. The molecule has 5 nitrogen and oxygen atoms in total. The summed E-state index contributed by atoms with van der Waals surface area (Å²) in [5, 5.41) is 10.7. The third-order valence-corrected chi connectivity index (χ3v) is 5.49. The lowest BCUT2D eigenvalue weighted by Gasteiger charge is -2.34. The first-order chi connectivity index (χ1) is 12.0. The van der Waals surface area contributed by atoms with Gasteiger partial charge in [0.1, 0.15) is 0 Å². The highest BCUT2D eigenvalue weighted by Gasteiger charge is 2.37. The van der Waals surface area contributed by atoms with Crippen LogP contribution in [0.25, 0.3) is 0 Å². The summed E-state index contributed by atoms with van der Waals surface area (Å²) in [5.74, 6) is 0.0895. The van der Waals surface area contributed by atoms with E-state index in [9.17, 15) is 9.90 Å². The van der Waals surface area contributed by atoms with Crippen molar-refractivity contribution in [3.8, 4) is 0 Å². The zero-order valence-corrected chi connectivity index (χ0v) is 15.6. The van der Waals surface area contributed by atoms with Crippen LogP contribution >= 0.6 is 0 Å². The lowest BCUT2D eigenvalue weighted by atomic mass is 9.82. The summed E-state index contributed by atoms with van der Waals surface area (Å²) in [6.07, 6.45) is 6.98. The Balaban J connectivity index is 1.70. The largest absolute Gasteiger partial charge is 0.389 e. The van der Waals surface area contributed by atoms with Crippen molar-refractivity contribution >= 4 is 5.91 Å². The van der Waals surface area contributed by atoms with Crippen molar-refractivity contribution in [2.24, 2.45) is 0 Å². The van der Waals surface area contributed by atoms with E-state index in [1.807, 2.05) is 37.2 Å². The fraction of sp³-hybridized carbons (Fsp3) is 0.700. The van der Waals surface area contributed by atoms with Crippen molar-refractivity contribution in [2.45, 2.75) is 69.6 Å². The van der Waals surface area contributed by atoms with Crippen LogP contribution in [0.15, 0.2) is 18.2 Å². The number of carbonyl (C=O) groups is 1. The van der Waals surface area contributed by atoms with E-state index in [0.717, 1.165) is 63.0 Å². The van der Waals surface area contributed by atoms with Crippen LogP contribution in [0.5, 0.6) is 0 Å². The van der Waals surface area contributed by atoms with Gasteiger partial charge in [0.15, 0.2) is 0 Å². The first-order valence-electron chi connectivity index (χ1n) is 9.59. The van der Waals surface area contributed by atoms with Crippen molar-refractivity contribution in [1.29, 1.82) is 0 Å². The Morgan fingerprint density at radius 3 is 2.76 bits per heavy atom. The zero-order valence-electron chi connectivity index (χ0n) is 15.6. The number of hydrogen-bond acceptors (Lipinski definition) is 4. The minimum Gasteiger partial charge on any atom is -0.389 e. The van der Waals surface area contributed by atoms with Crippen LogP contribution in [-0.4, -0.2) is 52.0 Å². The van der Waals surface area contributed by atoms with E-state index in [1.54, 1.807) is 0 Å². The lowest BCUT2D eigenvalue weighted by molar-refractivity contribution is -0.138. The second-order valence-electron chi connectivity index (χ2n) is 8.00. The van der Waals surface area contributed by atoms with Gasteiger partial charge in [0.05, 0.1) is 29.5 Å². The van der Waals surface area contributed by atoms with Crippen LogP contribution in [0, 0.1) is 0 Å². The van der Waals surface area contributed by atoms with Crippen molar-refractivity contribution in [2.75, 3.05) is 20.6 Å². The van der Waals surface area contributed by atoms with Crippen molar-refractivity contribution in [1.82, 2.24) is 14.8 Å². The van der Waals surface area contributed by atoms with Gasteiger partial charge in [-0.2, -0.15) is 0 Å². The molecule has 1 aliphatic heterocycles. The molecule has 1 amide bonds. The molecular weight excluding hydrogens is 314 g/mol. The molecular formula is C20H31N3O2. The van der Waals surface area contributed by atoms with Gasteiger partial charge in [-0.25, -0.2) is 0 Å². The summed E-state index contributed by atoms with van der Waals surface area (Å²) in [6.45, 7) is 1.58. The van der Waals surface area contributed by atoms with Gasteiger partial charge < -0.3 is 14.9 Å². The van der Waals surface area contributed by atoms with Crippen LogP contribution in [0.4, 0.5) is 0 Å². The van der Waals surface area contributed by atoms with Gasteiger partial charge in [0.2, 0.25) is 5.91 Å². The van der Waals surface area contributed by atoms with E-state index in [0.29, 0.717) is 0 Å². The normalized spacial score (nSPS) is 23.2. The Labute approximate surface area is 151 Å². The maximum atomic E-state index is 12.9. The van der Waals surface area contributed by atoms with Crippen LogP contribution < -0.4 is 0 Å². The molecule has 2 aliphatic rings. The van der Waals surface area contributed by atoms with E-state index in [4.69, 9.17) is 4.98 Å². The highest BCUT2D eigenvalue weighted by atomic mass is 16.3. The second kappa shape index (κ2) is 7.83. The molecule has 1 saturated carbocycles. The Morgan fingerprint density at radius 2 is 2.04 bits per heavy atom. The topological polar surface area (TPSA) is 56.7 Å². The van der Waals surface area contributed by atoms with E-state index in [2.05, 4.69) is 4.90 Å². The number of aliphatic hydroxyl groups is 1. The number of likely N-dealkylation sites (tertiary alicyclic amines) is 1. The molecule has 1 aliphatic carbocycles. The number of aromatic nitrogens is 1. The van der Waals surface area contributed by atoms with Crippen molar-refractivity contribution in [3.05, 3.63) is 29.6 Å². The Bertz CT molecular complexity index is 596. The lowest BCUT2D eigenvalue weighted by Crippen LogP contribution is -2.40. The molecule has 3 rings (SSSR count). The molecule has 25 heavy (non-hydrogen) atoms. The highest BCUT2D eigenvalue weighted by molar-refractivity contribution is 5.78. The quantitative estimate of drug-likeness (QED) is 0.891. The minimum absolute atomic E-state index is 0.0572. The van der Waals surface area contributed by atoms with Gasteiger partial charge >= 0.3 is 0 Å². The molecule has 2 heterocycles. The smallest absolute Gasteiger partial charge is 0.226 e. The molecule has 0 unspecified atom stereocenters. The van der Waals surface area contributed by atoms with Crippen LogP contribution in [0.1, 0.15) is 68.8 Å². The van der Waals surface area contributed by atoms with Gasteiger partial charge in [-0.15, -0.1) is 0 Å². The molecule has 5 heteroatoms. The number of rotatable bonds is 5. The van der Waals surface area contributed by atoms with Gasteiger partial charge in [0, 0.05) is 13.1 Å². The predicted molar refractivity (Wildman–Crippen MR) is 98.0 cm³/mol. The van der Waals surface area contributed by atoms with E-state index < -0.39 is 5.60 Å². The Kier molecular flexibility index (Phi) is 5.74. The predicted octanol–water partition coefficient (Wildman–Crippen LogP) is 2.89. The molecule has 0 radical (unpaired) electrons. The number of nitrogens with zero attached hydrogens (tertiary/aromatic N) is 3. The molecule has 1 aromatic rings. The summed E-state index contributed by atoms with van der Waals surface area (Å²) in [6, 6.07) is 6.17. The molecule has 2 fully saturated rings. The number of carbonyl (C=O) groups excluding carboxylic acids is 1. The molecule has 0 spiro atoms. The summed E-state index contributed by atoms with van der Waals surface area (Å²) in [5.41, 5.74) is 1.23. The minimum atomic E-state index is -0.789. The van der Waals surface area contributed by atoms with Gasteiger partial charge in [-0.05, 0) is 51.9 Å². The van der Waals surface area contributed by atoms with E-state index >= 15 is 0 Å². The monoisotopic (exact) mass is 345 g/mol. The fourth-order valence-electron chi connectivity index (χ4n) is 4.24. The van der Waals surface area contributed by atoms with Crippen molar-refractivity contribution in [3.63, 3.8) is 0 Å². The van der Waals surface area contributed by atoms with E-state index in [1.165, 1.54) is 6.42 Å². The third kappa shape index (κ3) is 4.59. The Hall–Kier alpha value is -1.46. The average molecular weight is 345 g/mol. The molecule has 1 atom stereocenters. The second-order valence-corrected chi connectivity index (χ2v) is 8.00. The third-order valence-electron chi connectivity index (χ3n) is 5.49. The first kappa shape index (κ1) is 18.3. The molecule has 1 aromatic heterocycles. The van der Waals surface area contributed by atoms with Gasteiger partial charge in [0.25, 0.3) is 0 Å². The summed E-state index contributed by atoms with van der Waals surface area (Å²) < 4.78 is 0. The number of hydrogen-bond donors (Lipinski definition) is 1. The molecule has 1 saturated heterocycles. The Morgan fingerprint density at radius 1 is 1.28 bits per heavy atom. The average Bonchev–Trinajstić information content (AvgIpc) is 3.04.